The Morgan fingerprint density at radius 1 is 1.13 bits per heavy atom. The van der Waals surface area contributed by atoms with Gasteiger partial charge in [-0.25, -0.2) is 0 Å². The summed E-state index contributed by atoms with van der Waals surface area (Å²) in [5.41, 5.74) is 6.58. The second-order valence-electron chi connectivity index (χ2n) is 5.05. The average Bonchev–Trinajstić information content (AvgIpc) is 2.54. The van der Waals surface area contributed by atoms with Gasteiger partial charge in [0.1, 0.15) is 0 Å². The van der Waals surface area contributed by atoms with Gasteiger partial charge in [0.05, 0.1) is 10.6 Å². The Bertz CT molecular complexity index is 707. The Labute approximate surface area is 148 Å². The number of hydrogen-bond donors (Lipinski definition) is 1. The molecule has 0 aromatic heterocycles. The normalized spacial score (nSPS) is 10.3. The molecule has 0 radical (unpaired) electrons. The summed E-state index contributed by atoms with van der Waals surface area (Å²) in [5.74, 6) is -0.683. The van der Waals surface area contributed by atoms with Crippen LogP contribution in [-0.2, 0) is 11.3 Å². The van der Waals surface area contributed by atoms with Gasteiger partial charge in [0.25, 0.3) is 5.91 Å². The molecule has 0 saturated heterocycles. The Morgan fingerprint density at radius 3 is 2.48 bits per heavy atom. The molecule has 0 aliphatic carbocycles. The van der Waals surface area contributed by atoms with Crippen LogP contribution in [0.4, 0.5) is 0 Å². The number of amides is 2. The van der Waals surface area contributed by atoms with E-state index in [1.807, 2.05) is 30.3 Å². The summed E-state index contributed by atoms with van der Waals surface area (Å²) in [4.78, 5) is 25.5. The van der Waals surface area contributed by atoms with Crippen molar-refractivity contribution in [3.05, 3.63) is 69.2 Å². The molecule has 0 aliphatic rings. The maximum atomic E-state index is 12.8. The van der Waals surface area contributed by atoms with Gasteiger partial charge in [-0.1, -0.05) is 57.9 Å². The van der Waals surface area contributed by atoms with Crippen molar-refractivity contribution in [2.45, 2.75) is 13.0 Å². The quantitative estimate of drug-likeness (QED) is 0.812. The Kier molecular flexibility index (Phi) is 6.19. The molecule has 2 rings (SSSR count). The SMILES string of the molecule is NC(=O)CCN(Cc1ccccc1)C(=O)c1cc(Br)ccc1Cl. The van der Waals surface area contributed by atoms with Crippen LogP contribution in [0.3, 0.4) is 0 Å². The summed E-state index contributed by atoms with van der Waals surface area (Å²) in [5, 5.41) is 0.371. The van der Waals surface area contributed by atoms with Gasteiger partial charge in [-0.15, -0.1) is 0 Å². The number of nitrogens with two attached hydrogens (primary N) is 1. The molecule has 2 aromatic rings. The number of hydrogen-bond acceptors (Lipinski definition) is 2. The number of benzene rings is 2. The highest BCUT2D eigenvalue weighted by Gasteiger charge is 2.19. The van der Waals surface area contributed by atoms with Crippen molar-refractivity contribution in [3.8, 4) is 0 Å². The zero-order valence-electron chi connectivity index (χ0n) is 12.3. The van der Waals surface area contributed by atoms with Crippen molar-refractivity contribution < 1.29 is 9.59 Å². The summed E-state index contributed by atoms with van der Waals surface area (Å²) >= 11 is 9.48. The number of halogens is 2. The Morgan fingerprint density at radius 2 is 1.83 bits per heavy atom. The van der Waals surface area contributed by atoms with E-state index in [1.165, 1.54) is 0 Å². The summed E-state index contributed by atoms with van der Waals surface area (Å²) < 4.78 is 0.764. The first-order valence-corrected chi connectivity index (χ1v) is 8.21. The maximum Gasteiger partial charge on any atom is 0.255 e. The van der Waals surface area contributed by atoms with Gasteiger partial charge in [0.15, 0.2) is 0 Å². The van der Waals surface area contributed by atoms with Crippen molar-refractivity contribution in [2.75, 3.05) is 6.54 Å². The van der Waals surface area contributed by atoms with Gasteiger partial charge in [-0.3, -0.25) is 9.59 Å². The Balaban J connectivity index is 2.26. The lowest BCUT2D eigenvalue weighted by Crippen LogP contribution is -2.33. The van der Waals surface area contributed by atoms with E-state index in [9.17, 15) is 9.59 Å². The largest absolute Gasteiger partial charge is 0.370 e. The number of primary amides is 1. The first-order chi connectivity index (χ1) is 11.0. The minimum Gasteiger partial charge on any atom is -0.370 e. The standard InChI is InChI=1S/C17H16BrClN2O2/c18-13-6-7-15(19)14(10-13)17(23)21(9-8-16(20)22)11-12-4-2-1-3-5-12/h1-7,10H,8-9,11H2,(H2,20,22). The average molecular weight is 396 g/mol. The highest BCUT2D eigenvalue weighted by molar-refractivity contribution is 9.10. The van der Waals surface area contributed by atoms with Crippen molar-refractivity contribution >= 4 is 39.3 Å². The molecule has 23 heavy (non-hydrogen) atoms. The van der Waals surface area contributed by atoms with E-state index in [4.69, 9.17) is 17.3 Å². The summed E-state index contributed by atoms with van der Waals surface area (Å²) in [6.45, 7) is 0.627. The molecule has 2 N–H and O–H groups in total. The number of nitrogens with zero attached hydrogens (tertiary/aromatic N) is 1. The van der Waals surface area contributed by atoms with Crippen LogP contribution in [-0.4, -0.2) is 23.3 Å². The lowest BCUT2D eigenvalue weighted by atomic mass is 10.1. The van der Waals surface area contributed by atoms with Crippen LogP contribution >= 0.6 is 27.5 Å². The van der Waals surface area contributed by atoms with E-state index in [0.29, 0.717) is 17.1 Å². The molecular weight excluding hydrogens is 380 g/mol. The van der Waals surface area contributed by atoms with E-state index in [0.717, 1.165) is 10.0 Å². The fraction of sp³-hybridized carbons (Fsp3) is 0.176. The number of rotatable bonds is 6. The van der Waals surface area contributed by atoms with Crippen LogP contribution in [0.15, 0.2) is 53.0 Å². The van der Waals surface area contributed by atoms with Gasteiger partial charge in [0, 0.05) is 24.0 Å². The van der Waals surface area contributed by atoms with Gasteiger partial charge in [0.2, 0.25) is 5.91 Å². The van der Waals surface area contributed by atoms with Crippen LogP contribution in [0.25, 0.3) is 0 Å². The maximum absolute atomic E-state index is 12.8. The first kappa shape index (κ1) is 17.5. The fourth-order valence-electron chi connectivity index (χ4n) is 2.13. The monoisotopic (exact) mass is 394 g/mol. The van der Waals surface area contributed by atoms with Crippen molar-refractivity contribution in [1.29, 1.82) is 0 Å². The van der Waals surface area contributed by atoms with Crippen molar-refractivity contribution in [1.82, 2.24) is 4.90 Å². The third kappa shape index (κ3) is 5.08. The van der Waals surface area contributed by atoms with Gasteiger partial charge >= 0.3 is 0 Å². The molecule has 0 spiro atoms. The van der Waals surface area contributed by atoms with E-state index >= 15 is 0 Å². The molecule has 0 aliphatic heterocycles. The van der Waals surface area contributed by atoms with Crippen molar-refractivity contribution in [2.24, 2.45) is 5.73 Å². The fourth-order valence-corrected chi connectivity index (χ4v) is 2.69. The van der Waals surface area contributed by atoms with Crippen LogP contribution < -0.4 is 5.73 Å². The third-order valence-corrected chi connectivity index (χ3v) is 4.11. The summed E-state index contributed by atoms with van der Waals surface area (Å²) in [6.07, 6.45) is 0.101. The number of carbonyl (C=O) groups is 2. The molecule has 0 saturated carbocycles. The molecule has 6 heteroatoms. The van der Waals surface area contributed by atoms with Crippen LogP contribution in [0, 0.1) is 0 Å². The van der Waals surface area contributed by atoms with Gasteiger partial charge in [-0.2, -0.15) is 0 Å². The molecule has 120 valence electrons. The topological polar surface area (TPSA) is 63.4 Å². The summed E-state index contributed by atoms with van der Waals surface area (Å²) in [7, 11) is 0. The van der Waals surface area contributed by atoms with E-state index in [1.54, 1.807) is 23.1 Å². The molecular formula is C17H16BrClN2O2. The predicted octanol–water partition coefficient (Wildman–Crippen LogP) is 3.62. The molecule has 0 heterocycles. The second-order valence-corrected chi connectivity index (χ2v) is 6.38. The Hall–Kier alpha value is -1.85. The smallest absolute Gasteiger partial charge is 0.255 e. The van der Waals surface area contributed by atoms with E-state index in [2.05, 4.69) is 15.9 Å². The molecule has 2 aromatic carbocycles. The highest BCUT2D eigenvalue weighted by atomic mass is 79.9. The molecule has 0 atom stereocenters. The van der Waals surface area contributed by atoms with Gasteiger partial charge in [-0.05, 0) is 23.8 Å². The molecule has 0 unspecified atom stereocenters. The van der Waals surface area contributed by atoms with Crippen LogP contribution in [0.5, 0.6) is 0 Å². The summed E-state index contributed by atoms with van der Waals surface area (Å²) in [6, 6.07) is 14.7. The number of carbonyl (C=O) groups excluding carboxylic acids is 2. The van der Waals surface area contributed by atoms with Gasteiger partial charge < -0.3 is 10.6 Å². The minimum absolute atomic E-state index is 0.101. The zero-order chi connectivity index (χ0) is 16.8. The first-order valence-electron chi connectivity index (χ1n) is 7.04. The lowest BCUT2D eigenvalue weighted by Gasteiger charge is -2.23. The molecule has 4 nitrogen and oxygen atoms in total. The third-order valence-electron chi connectivity index (χ3n) is 3.29. The van der Waals surface area contributed by atoms with Crippen LogP contribution in [0.1, 0.15) is 22.3 Å². The lowest BCUT2D eigenvalue weighted by molar-refractivity contribution is -0.118. The van der Waals surface area contributed by atoms with Crippen molar-refractivity contribution in [3.63, 3.8) is 0 Å². The molecule has 2 amide bonds. The molecule has 0 fully saturated rings. The van der Waals surface area contributed by atoms with Crippen LogP contribution in [0.2, 0.25) is 5.02 Å². The van der Waals surface area contributed by atoms with E-state index in [-0.39, 0.29) is 18.9 Å². The highest BCUT2D eigenvalue weighted by Crippen LogP contribution is 2.23. The zero-order valence-corrected chi connectivity index (χ0v) is 14.7. The van der Waals surface area contributed by atoms with E-state index < -0.39 is 5.91 Å². The predicted molar refractivity (Wildman–Crippen MR) is 94.1 cm³/mol. The second kappa shape index (κ2) is 8.13. The minimum atomic E-state index is -0.448. The molecule has 0 bridgehead atoms.